The summed E-state index contributed by atoms with van der Waals surface area (Å²) in [7, 11) is 1.89. The molecule has 0 fully saturated rings. The zero-order valence-electron chi connectivity index (χ0n) is 18.8. The monoisotopic (exact) mass is 426 g/mol. The molecule has 0 atom stereocenters. The number of amides is 1. The van der Waals surface area contributed by atoms with Crippen molar-refractivity contribution in [1.82, 2.24) is 19.7 Å². The molecular formula is C26H26N4O2. The number of carbonyl (C=O) groups is 1. The zero-order chi connectivity index (χ0) is 22.6. The maximum absolute atomic E-state index is 12.7. The first-order chi connectivity index (χ1) is 15.2. The lowest BCUT2D eigenvalue weighted by Gasteiger charge is -2.20. The molecule has 2 aromatic carbocycles. The van der Waals surface area contributed by atoms with Crippen LogP contribution in [0.3, 0.4) is 0 Å². The van der Waals surface area contributed by atoms with E-state index >= 15 is 0 Å². The van der Waals surface area contributed by atoms with Crippen molar-refractivity contribution in [3.05, 3.63) is 82.8 Å². The molecule has 162 valence electrons. The van der Waals surface area contributed by atoms with E-state index in [1.165, 1.54) is 0 Å². The highest BCUT2D eigenvalue weighted by Gasteiger charge is 2.28. The predicted octanol–water partition coefficient (Wildman–Crippen LogP) is 4.33. The number of nitrogens with zero attached hydrogens (tertiary/aromatic N) is 4. The Hall–Kier alpha value is -3.51. The van der Waals surface area contributed by atoms with E-state index in [4.69, 9.17) is 0 Å². The second-order valence-corrected chi connectivity index (χ2v) is 9.12. The number of aromatic nitrogens is 3. The van der Waals surface area contributed by atoms with Crippen molar-refractivity contribution in [1.29, 1.82) is 0 Å². The second-order valence-electron chi connectivity index (χ2n) is 9.12. The number of pyridine rings is 1. The van der Waals surface area contributed by atoms with Crippen molar-refractivity contribution in [2.45, 2.75) is 39.5 Å². The van der Waals surface area contributed by atoms with Gasteiger partial charge in [-0.1, -0.05) is 18.2 Å². The Bertz CT molecular complexity index is 1360. The van der Waals surface area contributed by atoms with Crippen molar-refractivity contribution in [3.63, 3.8) is 0 Å². The van der Waals surface area contributed by atoms with Gasteiger partial charge in [0.15, 0.2) is 0 Å². The Morgan fingerprint density at radius 1 is 1.12 bits per heavy atom. The van der Waals surface area contributed by atoms with Gasteiger partial charge in [-0.25, -0.2) is 0 Å². The quantitative estimate of drug-likeness (QED) is 0.527. The zero-order valence-corrected chi connectivity index (χ0v) is 18.8. The van der Waals surface area contributed by atoms with Gasteiger partial charge in [-0.05, 0) is 72.9 Å². The first-order valence-corrected chi connectivity index (χ1v) is 10.7. The molecule has 0 radical (unpaired) electrons. The van der Waals surface area contributed by atoms with E-state index in [0.717, 1.165) is 44.4 Å². The molecule has 6 nitrogen and oxygen atoms in total. The number of carbonyl (C=O) groups excluding carboxylic acids is 1. The SMILES string of the molecule is Cc1cc(-c2cc(C(C)(C)O)c3cn(C)nc3c2)ccc1CN1Cc2ncccc2C1=O. The molecule has 4 aromatic rings. The summed E-state index contributed by atoms with van der Waals surface area (Å²) >= 11 is 0. The minimum Gasteiger partial charge on any atom is -0.386 e. The molecule has 0 saturated carbocycles. The average molecular weight is 427 g/mol. The molecule has 1 aliphatic rings. The third kappa shape index (κ3) is 3.46. The van der Waals surface area contributed by atoms with E-state index in [9.17, 15) is 9.90 Å². The van der Waals surface area contributed by atoms with Crippen LogP contribution < -0.4 is 0 Å². The smallest absolute Gasteiger partial charge is 0.256 e. The Morgan fingerprint density at radius 2 is 1.94 bits per heavy atom. The highest BCUT2D eigenvalue weighted by atomic mass is 16.3. The highest BCUT2D eigenvalue weighted by Crippen LogP contribution is 2.34. The Labute approximate surface area is 187 Å². The summed E-state index contributed by atoms with van der Waals surface area (Å²) in [5.41, 5.74) is 6.56. The third-order valence-electron chi connectivity index (χ3n) is 6.18. The lowest BCUT2D eigenvalue weighted by molar-refractivity contribution is 0.0765. The van der Waals surface area contributed by atoms with Crippen LogP contribution in [0.15, 0.2) is 54.9 Å². The highest BCUT2D eigenvalue weighted by molar-refractivity contribution is 5.97. The van der Waals surface area contributed by atoms with Gasteiger partial charge in [0.1, 0.15) is 0 Å². The third-order valence-corrected chi connectivity index (χ3v) is 6.18. The van der Waals surface area contributed by atoms with Crippen LogP contribution in [0.2, 0.25) is 0 Å². The molecule has 6 heteroatoms. The normalized spacial score (nSPS) is 13.8. The van der Waals surface area contributed by atoms with E-state index in [1.807, 2.05) is 30.3 Å². The molecular weight excluding hydrogens is 400 g/mol. The molecule has 0 spiro atoms. The van der Waals surface area contributed by atoms with Crippen LogP contribution in [0.1, 0.15) is 46.6 Å². The summed E-state index contributed by atoms with van der Waals surface area (Å²) in [6, 6.07) is 14.1. The van der Waals surface area contributed by atoms with Crippen LogP contribution in [0.4, 0.5) is 0 Å². The lowest BCUT2D eigenvalue weighted by atomic mass is 9.90. The topological polar surface area (TPSA) is 71.2 Å². The number of aryl methyl sites for hydroxylation is 2. The average Bonchev–Trinajstić information content (AvgIpc) is 3.27. The minimum atomic E-state index is -0.981. The molecule has 0 bridgehead atoms. The van der Waals surface area contributed by atoms with Crippen molar-refractivity contribution in [3.8, 4) is 11.1 Å². The van der Waals surface area contributed by atoms with Crippen molar-refractivity contribution < 1.29 is 9.90 Å². The Morgan fingerprint density at radius 3 is 2.66 bits per heavy atom. The number of fused-ring (bicyclic) bond motifs is 2. The van der Waals surface area contributed by atoms with E-state index in [-0.39, 0.29) is 5.91 Å². The van der Waals surface area contributed by atoms with Gasteiger partial charge in [-0.3, -0.25) is 14.5 Å². The van der Waals surface area contributed by atoms with E-state index < -0.39 is 5.60 Å². The predicted molar refractivity (Wildman–Crippen MR) is 124 cm³/mol. The van der Waals surface area contributed by atoms with Gasteiger partial charge in [-0.15, -0.1) is 0 Å². The van der Waals surface area contributed by atoms with E-state index in [2.05, 4.69) is 41.3 Å². The summed E-state index contributed by atoms with van der Waals surface area (Å²) in [5.74, 6) is 0.0343. The number of rotatable bonds is 4. The molecule has 1 amide bonds. The van der Waals surface area contributed by atoms with Crippen LogP contribution in [-0.2, 0) is 25.7 Å². The van der Waals surface area contributed by atoms with E-state index in [0.29, 0.717) is 18.7 Å². The summed E-state index contributed by atoms with van der Waals surface area (Å²) in [6.45, 7) is 6.76. The Kier molecular flexibility index (Phi) is 4.64. The van der Waals surface area contributed by atoms with Gasteiger partial charge in [-0.2, -0.15) is 5.10 Å². The maximum atomic E-state index is 12.7. The molecule has 0 unspecified atom stereocenters. The largest absolute Gasteiger partial charge is 0.386 e. The molecule has 2 aromatic heterocycles. The molecule has 3 heterocycles. The standard InChI is InChI=1S/C26H26N4O2/c1-16-10-17(19-11-22(26(2,3)32)21-14-29(4)28-23(21)12-19)7-8-18(16)13-30-15-24-20(25(30)31)6-5-9-27-24/h5-12,14,32H,13,15H2,1-4H3. The lowest BCUT2D eigenvalue weighted by Crippen LogP contribution is -2.23. The van der Waals surface area contributed by atoms with Gasteiger partial charge in [0.25, 0.3) is 5.91 Å². The second kappa shape index (κ2) is 7.28. The number of hydrogen-bond donors (Lipinski definition) is 1. The van der Waals surface area contributed by atoms with Gasteiger partial charge >= 0.3 is 0 Å². The summed E-state index contributed by atoms with van der Waals surface area (Å²) in [5, 5.41) is 16.3. The van der Waals surface area contributed by atoms with Gasteiger partial charge < -0.3 is 10.0 Å². The van der Waals surface area contributed by atoms with Crippen LogP contribution in [0.25, 0.3) is 22.0 Å². The summed E-state index contributed by atoms with van der Waals surface area (Å²) in [4.78, 5) is 18.9. The fourth-order valence-electron chi connectivity index (χ4n) is 4.48. The molecule has 1 N–H and O–H groups in total. The van der Waals surface area contributed by atoms with Crippen LogP contribution in [0, 0.1) is 6.92 Å². The first kappa shape index (κ1) is 20.4. The van der Waals surface area contributed by atoms with Crippen LogP contribution >= 0.6 is 0 Å². The van der Waals surface area contributed by atoms with E-state index in [1.54, 1.807) is 30.8 Å². The number of benzene rings is 2. The van der Waals surface area contributed by atoms with Gasteiger partial charge in [0.2, 0.25) is 0 Å². The Balaban J connectivity index is 1.48. The molecule has 32 heavy (non-hydrogen) atoms. The van der Waals surface area contributed by atoms with Crippen molar-refractivity contribution in [2.75, 3.05) is 0 Å². The fourth-order valence-corrected chi connectivity index (χ4v) is 4.48. The summed E-state index contributed by atoms with van der Waals surface area (Å²) < 4.78 is 1.78. The van der Waals surface area contributed by atoms with Crippen LogP contribution in [-0.4, -0.2) is 30.7 Å². The fraction of sp³-hybridized carbons (Fsp3) is 0.269. The molecule has 5 rings (SSSR count). The first-order valence-electron chi connectivity index (χ1n) is 10.7. The van der Waals surface area contributed by atoms with Crippen molar-refractivity contribution >= 4 is 16.8 Å². The van der Waals surface area contributed by atoms with Crippen molar-refractivity contribution in [2.24, 2.45) is 7.05 Å². The minimum absolute atomic E-state index is 0.0343. The maximum Gasteiger partial charge on any atom is 0.256 e. The summed E-state index contributed by atoms with van der Waals surface area (Å²) in [6.07, 6.45) is 3.68. The molecule has 0 saturated heterocycles. The van der Waals surface area contributed by atoms with Gasteiger partial charge in [0, 0.05) is 31.4 Å². The number of hydrogen-bond acceptors (Lipinski definition) is 4. The van der Waals surface area contributed by atoms with Gasteiger partial charge in [0.05, 0.1) is 28.9 Å². The molecule has 0 aliphatic carbocycles. The number of aliphatic hydroxyl groups is 1. The van der Waals surface area contributed by atoms with Crippen LogP contribution in [0.5, 0.6) is 0 Å². The molecule has 1 aliphatic heterocycles.